The van der Waals surface area contributed by atoms with Crippen LogP contribution in [0.5, 0.6) is 0 Å². The van der Waals surface area contributed by atoms with Crippen LogP contribution in [0.25, 0.3) is 0 Å². The van der Waals surface area contributed by atoms with Crippen LogP contribution in [0.4, 0.5) is 0 Å². The Hall–Kier alpha value is -0.570. The fourth-order valence-corrected chi connectivity index (χ4v) is 2.19. The lowest BCUT2D eigenvalue weighted by Crippen LogP contribution is -2.36. The van der Waals surface area contributed by atoms with E-state index in [-0.39, 0.29) is 6.54 Å². The van der Waals surface area contributed by atoms with Crippen LogP contribution in [-0.4, -0.2) is 35.6 Å². The van der Waals surface area contributed by atoms with E-state index in [1.165, 1.54) is 19.3 Å². The molecule has 0 bridgehead atoms. The fraction of sp³-hybridized carbons (Fsp3) is 0.929. The average molecular weight is 243 g/mol. The minimum absolute atomic E-state index is 0.181. The fourth-order valence-electron chi connectivity index (χ4n) is 2.19. The van der Waals surface area contributed by atoms with Gasteiger partial charge in [0.1, 0.15) is 0 Å². The molecule has 102 valence electrons. The third-order valence-corrected chi connectivity index (χ3v) is 3.04. The first-order valence-electron chi connectivity index (χ1n) is 6.93. The molecule has 1 unspecified atom stereocenters. The second-order valence-electron chi connectivity index (χ2n) is 5.40. The summed E-state index contributed by atoms with van der Waals surface area (Å²) in [7, 11) is 0. The van der Waals surface area contributed by atoms with Crippen molar-refractivity contribution in [2.24, 2.45) is 11.8 Å². The number of rotatable bonds is 10. The largest absolute Gasteiger partial charge is 0.480 e. The highest BCUT2D eigenvalue weighted by atomic mass is 16.4. The van der Waals surface area contributed by atoms with E-state index in [0.29, 0.717) is 11.8 Å². The lowest BCUT2D eigenvalue weighted by atomic mass is 9.98. The van der Waals surface area contributed by atoms with Crippen LogP contribution in [0, 0.1) is 11.8 Å². The van der Waals surface area contributed by atoms with E-state index in [9.17, 15) is 4.79 Å². The minimum atomic E-state index is -0.712. The smallest absolute Gasteiger partial charge is 0.317 e. The molecule has 0 saturated heterocycles. The van der Waals surface area contributed by atoms with Gasteiger partial charge in [-0.25, -0.2) is 0 Å². The molecule has 0 radical (unpaired) electrons. The van der Waals surface area contributed by atoms with Gasteiger partial charge in [-0.1, -0.05) is 47.0 Å². The lowest BCUT2D eigenvalue weighted by molar-refractivity contribution is -0.138. The van der Waals surface area contributed by atoms with Crippen molar-refractivity contribution in [1.82, 2.24) is 4.90 Å². The van der Waals surface area contributed by atoms with Gasteiger partial charge in [0, 0.05) is 13.1 Å². The van der Waals surface area contributed by atoms with Crippen molar-refractivity contribution in [2.75, 3.05) is 19.6 Å². The van der Waals surface area contributed by atoms with Gasteiger partial charge >= 0.3 is 5.97 Å². The summed E-state index contributed by atoms with van der Waals surface area (Å²) in [4.78, 5) is 12.9. The maximum Gasteiger partial charge on any atom is 0.317 e. The van der Waals surface area contributed by atoms with Gasteiger partial charge in [0.05, 0.1) is 6.54 Å². The molecule has 3 heteroatoms. The van der Waals surface area contributed by atoms with E-state index in [0.717, 1.165) is 19.5 Å². The number of aliphatic carboxylic acids is 1. The average Bonchev–Trinajstić information content (AvgIpc) is 2.22. The molecule has 0 heterocycles. The summed E-state index contributed by atoms with van der Waals surface area (Å²) in [6.45, 7) is 10.7. The lowest BCUT2D eigenvalue weighted by Gasteiger charge is -2.27. The molecular weight excluding hydrogens is 214 g/mol. The number of carbonyl (C=O) groups is 1. The quantitative estimate of drug-likeness (QED) is 0.640. The summed E-state index contributed by atoms with van der Waals surface area (Å²) in [6, 6.07) is 0. The predicted octanol–water partition coefficient (Wildman–Crippen LogP) is 3.25. The van der Waals surface area contributed by atoms with Gasteiger partial charge in [0.2, 0.25) is 0 Å². The van der Waals surface area contributed by atoms with Crippen molar-refractivity contribution in [3.05, 3.63) is 0 Å². The van der Waals surface area contributed by atoms with Gasteiger partial charge in [-0.2, -0.15) is 0 Å². The van der Waals surface area contributed by atoms with Crippen LogP contribution in [0.2, 0.25) is 0 Å². The molecule has 0 fully saturated rings. The van der Waals surface area contributed by atoms with Crippen LogP contribution in [0.15, 0.2) is 0 Å². The number of carboxylic acid groups (broad SMARTS) is 1. The minimum Gasteiger partial charge on any atom is -0.480 e. The van der Waals surface area contributed by atoms with E-state index in [4.69, 9.17) is 5.11 Å². The predicted molar refractivity (Wildman–Crippen MR) is 72.2 cm³/mol. The molecule has 0 aromatic heterocycles. The van der Waals surface area contributed by atoms with E-state index in [1.807, 2.05) is 0 Å². The second kappa shape index (κ2) is 9.46. The Morgan fingerprint density at radius 1 is 1.24 bits per heavy atom. The highest BCUT2D eigenvalue weighted by Gasteiger charge is 2.16. The zero-order valence-corrected chi connectivity index (χ0v) is 11.9. The second-order valence-corrected chi connectivity index (χ2v) is 5.40. The number of nitrogens with zero attached hydrogens (tertiary/aromatic N) is 1. The molecule has 3 nitrogen and oxygen atoms in total. The van der Waals surface area contributed by atoms with Gasteiger partial charge in [-0.3, -0.25) is 9.69 Å². The third kappa shape index (κ3) is 9.16. The van der Waals surface area contributed by atoms with Crippen molar-refractivity contribution in [1.29, 1.82) is 0 Å². The molecule has 17 heavy (non-hydrogen) atoms. The number of carboxylic acids is 1. The normalized spacial score (nSPS) is 13.3. The maximum atomic E-state index is 10.8. The van der Waals surface area contributed by atoms with Crippen molar-refractivity contribution >= 4 is 5.97 Å². The standard InChI is InChI=1S/C14H29NO2/c1-5-7-8-13(6-2)10-15(9-12(3)4)11-14(16)17/h12-13H,5-11H2,1-4H3,(H,16,17). The molecule has 0 saturated carbocycles. The van der Waals surface area contributed by atoms with Crippen LogP contribution in [-0.2, 0) is 4.79 Å². The Morgan fingerprint density at radius 2 is 1.88 bits per heavy atom. The van der Waals surface area contributed by atoms with Crippen molar-refractivity contribution < 1.29 is 9.90 Å². The Kier molecular flexibility index (Phi) is 9.14. The monoisotopic (exact) mass is 243 g/mol. The topological polar surface area (TPSA) is 40.5 Å². The van der Waals surface area contributed by atoms with Crippen LogP contribution < -0.4 is 0 Å². The van der Waals surface area contributed by atoms with E-state index < -0.39 is 5.97 Å². The van der Waals surface area contributed by atoms with Crippen molar-refractivity contribution in [3.8, 4) is 0 Å². The first-order valence-corrected chi connectivity index (χ1v) is 6.93. The molecular formula is C14H29NO2. The molecule has 0 aliphatic heterocycles. The molecule has 0 aromatic rings. The van der Waals surface area contributed by atoms with Crippen molar-refractivity contribution in [3.63, 3.8) is 0 Å². The Labute approximate surface area is 106 Å². The molecule has 0 amide bonds. The molecule has 0 rings (SSSR count). The Morgan fingerprint density at radius 3 is 2.29 bits per heavy atom. The zero-order valence-electron chi connectivity index (χ0n) is 11.9. The first kappa shape index (κ1) is 16.4. The van der Waals surface area contributed by atoms with E-state index >= 15 is 0 Å². The SMILES string of the molecule is CCCCC(CC)CN(CC(=O)O)CC(C)C. The molecule has 1 atom stereocenters. The Balaban J connectivity index is 4.21. The van der Waals surface area contributed by atoms with Crippen LogP contribution >= 0.6 is 0 Å². The molecule has 0 spiro atoms. The highest BCUT2D eigenvalue weighted by Crippen LogP contribution is 2.15. The molecule has 1 N–H and O–H groups in total. The van der Waals surface area contributed by atoms with Gasteiger partial charge in [0.15, 0.2) is 0 Å². The summed E-state index contributed by atoms with van der Waals surface area (Å²) in [5.41, 5.74) is 0. The highest BCUT2D eigenvalue weighted by molar-refractivity contribution is 5.69. The van der Waals surface area contributed by atoms with E-state index in [1.54, 1.807) is 0 Å². The summed E-state index contributed by atoms with van der Waals surface area (Å²) < 4.78 is 0. The van der Waals surface area contributed by atoms with Crippen molar-refractivity contribution in [2.45, 2.75) is 53.4 Å². The third-order valence-electron chi connectivity index (χ3n) is 3.04. The van der Waals surface area contributed by atoms with Crippen LogP contribution in [0.3, 0.4) is 0 Å². The summed E-state index contributed by atoms with van der Waals surface area (Å²) in [5, 5.41) is 8.92. The summed E-state index contributed by atoms with van der Waals surface area (Å²) in [6.07, 6.45) is 4.84. The van der Waals surface area contributed by atoms with E-state index in [2.05, 4.69) is 32.6 Å². The first-order chi connectivity index (χ1) is 7.99. The maximum absolute atomic E-state index is 10.8. The zero-order chi connectivity index (χ0) is 13.3. The Bertz CT molecular complexity index is 204. The van der Waals surface area contributed by atoms with Gasteiger partial charge < -0.3 is 5.11 Å². The molecule has 0 aliphatic carbocycles. The van der Waals surface area contributed by atoms with Gasteiger partial charge in [0.25, 0.3) is 0 Å². The van der Waals surface area contributed by atoms with Crippen LogP contribution in [0.1, 0.15) is 53.4 Å². The summed E-state index contributed by atoms with van der Waals surface area (Å²) >= 11 is 0. The molecule has 0 aromatic carbocycles. The number of hydrogen-bond acceptors (Lipinski definition) is 2. The number of hydrogen-bond donors (Lipinski definition) is 1. The molecule has 0 aliphatic rings. The van der Waals surface area contributed by atoms with Gasteiger partial charge in [-0.05, 0) is 18.3 Å². The summed E-state index contributed by atoms with van der Waals surface area (Å²) in [5.74, 6) is 0.460. The van der Waals surface area contributed by atoms with Gasteiger partial charge in [-0.15, -0.1) is 0 Å². The number of unbranched alkanes of at least 4 members (excludes halogenated alkanes) is 1.